The number of rotatable bonds is 4. The summed E-state index contributed by atoms with van der Waals surface area (Å²) in [6.45, 7) is 6.53. The molecule has 2 aromatic carbocycles. The van der Waals surface area contributed by atoms with Crippen LogP contribution in [0.1, 0.15) is 40.1 Å². The first-order valence-corrected chi connectivity index (χ1v) is 10.2. The van der Waals surface area contributed by atoms with Crippen molar-refractivity contribution in [3.05, 3.63) is 76.5 Å². The lowest BCUT2D eigenvalue weighted by molar-refractivity contribution is -0.115. The van der Waals surface area contributed by atoms with Crippen molar-refractivity contribution < 1.29 is 9.53 Å². The molecule has 1 aliphatic rings. The second kappa shape index (κ2) is 7.72. The molecule has 6 heteroatoms. The molecule has 0 radical (unpaired) electrons. The molecule has 1 amide bonds. The van der Waals surface area contributed by atoms with Crippen molar-refractivity contribution in [2.24, 2.45) is 0 Å². The predicted molar refractivity (Wildman–Crippen MR) is 113 cm³/mol. The van der Waals surface area contributed by atoms with E-state index in [1.807, 2.05) is 26.0 Å². The van der Waals surface area contributed by atoms with Crippen LogP contribution in [0.3, 0.4) is 0 Å². The number of amides is 1. The Kier molecular flexibility index (Phi) is 5.13. The monoisotopic (exact) mass is 393 g/mol. The van der Waals surface area contributed by atoms with Crippen molar-refractivity contribution in [2.75, 3.05) is 5.32 Å². The van der Waals surface area contributed by atoms with Crippen LogP contribution in [0.4, 0.5) is 5.82 Å². The van der Waals surface area contributed by atoms with Crippen LogP contribution in [0.5, 0.6) is 5.75 Å². The van der Waals surface area contributed by atoms with Crippen molar-refractivity contribution in [1.29, 1.82) is 0 Å². The zero-order valence-electron chi connectivity index (χ0n) is 16.2. The number of fused-ring (bicyclic) bond motifs is 1. The van der Waals surface area contributed by atoms with Gasteiger partial charge in [-0.1, -0.05) is 42.0 Å². The van der Waals surface area contributed by atoms with Gasteiger partial charge in [0.25, 0.3) is 0 Å². The van der Waals surface area contributed by atoms with Gasteiger partial charge in [-0.05, 0) is 44.0 Å². The third kappa shape index (κ3) is 3.78. The van der Waals surface area contributed by atoms with Crippen LogP contribution >= 0.6 is 11.8 Å². The summed E-state index contributed by atoms with van der Waals surface area (Å²) in [6, 6.07) is 16.5. The Labute approximate surface area is 168 Å². The van der Waals surface area contributed by atoms with E-state index in [0.29, 0.717) is 12.4 Å². The number of aromatic amines is 1. The maximum Gasteiger partial charge on any atom is 0.238 e. The SMILES string of the molecule is Cc1ccc(COc2ccc([C@H]3S[C@@H](C)C(=O)Nc4n[nH]c(C)c43)cc2)cc1. The quantitative estimate of drug-likeness (QED) is 0.670. The number of H-pyrrole nitrogens is 1. The van der Waals surface area contributed by atoms with E-state index in [1.165, 1.54) is 5.56 Å². The summed E-state index contributed by atoms with van der Waals surface area (Å²) in [5.41, 5.74) is 5.52. The summed E-state index contributed by atoms with van der Waals surface area (Å²) < 4.78 is 5.92. The molecule has 0 saturated heterocycles. The van der Waals surface area contributed by atoms with Crippen LogP contribution < -0.4 is 10.1 Å². The number of hydrogen-bond acceptors (Lipinski definition) is 4. The largest absolute Gasteiger partial charge is 0.489 e. The highest BCUT2D eigenvalue weighted by atomic mass is 32.2. The van der Waals surface area contributed by atoms with Gasteiger partial charge in [0.15, 0.2) is 5.82 Å². The van der Waals surface area contributed by atoms with E-state index in [-0.39, 0.29) is 16.4 Å². The Balaban J connectivity index is 1.53. The van der Waals surface area contributed by atoms with Gasteiger partial charge in [-0.15, -0.1) is 11.8 Å². The molecule has 5 nitrogen and oxygen atoms in total. The van der Waals surface area contributed by atoms with E-state index in [2.05, 4.69) is 58.8 Å². The fraction of sp³-hybridized carbons (Fsp3) is 0.273. The highest BCUT2D eigenvalue weighted by molar-refractivity contribution is 8.01. The second-order valence-electron chi connectivity index (χ2n) is 7.10. The molecule has 1 aliphatic heterocycles. The van der Waals surface area contributed by atoms with Crippen molar-refractivity contribution in [3.8, 4) is 5.75 Å². The number of ether oxygens (including phenoxy) is 1. The number of thioether (sulfide) groups is 1. The zero-order chi connectivity index (χ0) is 19.7. The Morgan fingerprint density at radius 2 is 1.79 bits per heavy atom. The molecule has 0 aliphatic carbocycles. The minimum absolute atomic E-state index is 0.0155. The first-order chi connectivity index (χ1) is 13.5. The molecule has 144 valence electrons. The van der Waals surface area contributed by atoms with Gasteiger partial charge in [0.2, 0.25) is 5.91 Å². The van der Waals surface area contributed by atoms with E-state index < -0.39 is 0 Å². The molecular formula is C22H23N3O2S. The molecule has 0 unspecified atom stereocenters. The summed E-state index contributed by atoms with van der Waals surface area (Å²) in [7, 11) is 0. The van der Waals surface area contributed by atoms with E-state index in [0.717, 1.165) is 28.1 Å². The normalized spacial score (nSPS) is 18.9. The van der Waals surface area contributed by atoms with Crippen molar-refractivity contribution >= 4 is 23.5 Å². The third-order valence-electron chi connectivity index (χ3n) is 4.92. The van der Waals surface area contributed by atoms with Gasteiger partial charge in [0, 0.05) is 11.3 Å². The van der Waals surface area contributed by atoms with Gasteiger partial charge in [0.1, 0.15) is 12.4 Å². The predicted octanol–water partition coefficient (Wildman–Crippen LogP) is 4.77. The Morgan fingerprint density at radius 1 is 1.07 bits per heavy atom. The summed E-state index contributed by atoms with van der Waals surface area (Å²) in [5.74, 6) is 1.44. The molecule has 2 atom stereocenters. The molecule has 4 rings (SSSR count). The number of nitrogens with one attached hydrogen (secondary N) is 2. The van der Waals surface area contributed by atoms with Crippen molar-refractivity contribution in [1.82, 2.24) is 10.2 Å². The van der Waals surface area contributed by atoms with Gasteiger partial charge in [-0.3, -0.25) is 9.89 Å². The number of nitrogens with zero attached hydrogens (tertiary/aromatic N) is 1. The number of aryl methyl sites for hydroxylation is 2. The summed E-state index contributed by atoms with van der Waals surface area (Å²) in [6.07, 6.45) is 0. The van der Waals surface area contributed by atoms with Crippen LogP contribution in [0.2, 0.25) is 0 Å². The average Bonchev–Trinajstić information content (AvgIpc) is 2.99. The highest BCUT2D eigenvalue weighted by Gasteiger charge is 2.32. The molecule has 2 heterocycles. The smallest absolute Gasteiger partial charge is 0.238 e. The molecule has 2 N–H and O–H groups in total. The van der Waals surface area contributed by atoms with Gasteiger partial charge < -0.3 is 10.1 Å². The average molecular weight is 394 g/mol. The van der Waals surface area contributed by atoms with Crippen LogP contribution in [-0.4, -0.2) is 21.4 Å². The number of anilines is 1. The maximum absolute atomic E-state index is 12.3. The first kappa shape index (κ1) is 18.6. The van der Waals surface area contributed by atoms with Gasteiger partial charge in [-0.25, -0.2) is 0 Å². The minimum atomic E-state index is -0.156. The summed E-state index contributed by atoms with van der Waals surface area (Å²) in [5, 5.41) is 10.1. The number of carbonyl (C=O) groups is 1. The highest BCUT2D eigenvalue weighted by Crippen LogP contribution is 2.44. The molecular weight excluding hydrogens is 370 g/mol. The van der Waals surface area contributed by atoms with E-state index in [1.54, 1.807) is 11.8 Å². The molecule has 28 heavy (non-hydrogen) atoms. The third-order valence-corrected chi connectivity index (χ3v) is 6.32. The van der Waals surface area contributed by atoms with Crippen LogP contribution in [0, 0.1) is 13.8 Å². The Morgan fingerprint density at radius 3 is 2.50 bits per heavy atom. The van der Waals surface area contributed by atoms with E-state index >= 15 is 0 Å². The zero-order valence-corrected chi connectivity index (χ0v) is 17.0. The summed E-state index contributed by atoms with van der Waals surface area (Å²) in [4.78, 5) is 12.3. The minimum Gasteiger partial charge on any atom is -0.489 e. The number of aromatic nitrogens is 2. The molecule has 0 fully saturated rings. The van der Waals surface area contributed by atoms with Crippen molar-refractivity contribution in [2.45, 2.75) is 37.9 Å². The fourth-order valence-electron chi connectivity index (χ4n) is 3.24. The van der Waals surface area contributed by atoms with Crippen LogP contribution in [0.15, 0.2) is 48.5 Å². The lowest BCUT2D eigenvalue weighted by Gasteiger charge is -2.18. The lowest BCUT2D eigenvalue weighted by atomic mass is 10.0. The van der Waals surface area contributed by atoms with Crippen LogP contribution in [0.25, 0.3) is 0 Å². The molecule has 0 bridgehead atoms. The number of benzene rings is 2. The van der Waals surface area contributed by atoms with E-state index in [9.17, 15) is 4.79 Å². The maximum atomic E-state index is 12.3. The summed E-state index contributed by atoms with van der Waals surface area (Å²) >= 11 is 1.63. The second-order valence-corrected chi connectivity index (χ2v) is 8.55. The fourth-order valence-corrected chi connectivity index (χ4v) is 4.57. The topological polar surface area (TPSA) is 67.0 Å². The standard InChI is InChI=1S/C22H23N3O2S/c1-13-4-6-16(7-5-13)12-27-18-10-8-17(9-11-18)20-19-14(2)24-25-21(19)23-22(26)15(3)28-20/h4-11,15,20H,12H2,1-3H3,(H2,23,24,25,26)/t15-,20+/m0/s1. The van der Waals surface area contributed by atoms with Crippen molar-refractivity contribution in [3.63, 3.8) is 0 Å². The molecule has 1 aromatic heterocycles. The van der Waals surface area contributed by atoms with E-state index in [4.69, 9.17) is 4.74 Å². The molecule has 0 spiro atoms. The number of hydrogen-bond donors (Lipinski definition) is 2. The Hall–Kier alpha value is -2.73. The lowest BCUT2D eigenvalue weighted by Crippen LogP contribution is -2.21. The molecule has 3 aromatic rings. The van der Waals surface area contributed by atoms with Gasteiger partial charge >= 0.3 is 0 Å². The van der Waals surface area contributed by atoms with Gasteiger partial charge in [0.05, 0.1) is 10.5 Å². The van der Waals surface area contributed by atoms with Gasteiger partial charge in [-0.2, -0.15) is 5.10 Å². The number of carbonyl (C=O) groups excluding carboxylic acids is 1. The first-order valence-electron chi connectivity index (χ1n) is 9.31. The molecule has 0 saturated carbocycles. The Bertz CT molecular complexity index is 980. The van der Waals surface area contributed by atoms with Crippen LogP contribution in [-0.2, 0) is 11.4 Å².